The van der Waals surface area contributed by atoms with Gasteiger partial charge in [-0.2, -0.15) is 0 Å². The van der Waals surface area contributed by atoms with E-state index in [0.717, 1.165) is 64.2 Å². The number of amides is 2. The molecule has 24 heavy (non-hydrogen) atoms. The Morgan fingerprint density at radius 3 is 1.62 bits per heavy atom. The summed E-state index contributed by atoms with van der Waals surface area (Å²) in [6.07, 6.45) is 18.3. The predicted molar refractivity (Wildman–Crippen MR) is 95.3 cm³/mol. The quantitative estimate of drug-likeness (QED) is 0.778. The Morgan fingerprint density at radius 1 is 0.708 bits per heavy atom. The van der Waals surface area contributed by atoms with E-state index < -0.39 is 0 Å². The SMILES string of the molecule is O=C(NC1CCCC(NC(=O)C2CC=CCC2)C1)C1CC=CCC1. The van der Waals surface area contributed by atoms with Gasteiger partial charge in [-0.1, -0.05) is 24.3 Å². The van der Waals surface area contributed by atoms with Crippen LogP contribution in [0.25, 0.3) is 0 Å². The maximum atomic E-state index is 12.4. The van der Waals surface area contributed by atoms with Crippen LogP contribution in [0.5, 0.6) is 0 Å². The van der Waals surface area contributed by atoms with Crippen LogP contribution in [-0.2, 0) is 9.59 Å². The van der Waals surface area contributed by atoms with E-state index in [0.29, 0.717) is 0 Å². The predicted octanol–water partition coefficient (Wildman–Crippen LogP) is 3.24. The van der Waals surface area contributed by atoms with Gasteiger partial charge in [0.1, 0.15) is 0 Å². The third-order valence-corrected chi connectivity index (χ3v) is 5.65. The second kappa shape index (κ2) is 8.50. The molecule has 4 heteroatoms. The molecule has 4 atom stereocenters. The van der Waals surface area contributed by atoms with Gasteiger partial charge in [-0.05, 0) is 64.2 Å². The lowest BCUT2D eigenvalue weighted by molar-refractivity contribution is -0.126. The molecule has 0 heterocycles. The standard InChI is InChI=1S/C20H30N2O2/c23-19(15-8-3-1-4-9-15)21-17-12-7-13-18(14-17)22-20(24)16-10-5-2-6-11-16/h1-3,5,15-18H,4,6-14H2,(H,21,23)(H,22,24). The molecule has 0 aromatic carbocycles. The molecule has 0 aromatic heterocycles. The highest BCUT2D eigenvalue weighted by Crippen LogP contribution is 2.24. The Hall–Kier alpha value is -1.58. The van der Waals surface area contributed by atoms with Crippen LogP contribution in [0.15, 0.2) is 24.3 Å². The van der Waals surface area contributed by atoms with E-state index in [-0.39, 0.29) is 35.7 Å². The maximum absolute atomic E-state index is 12.4. The number of carbonyl (C=O) groups is 2. The lowest BCUT2D eigenvalue weighted by Gasteiger charge is -2.32. The van der Waals surface area contributed by atoms with Gasteiger partial charge in [0.2, 0.25) is 11.8 Å². The van der Waals surface area contributed by atoms with Crippen LogP contribution in [0.4, 0.5) is 0 Å². The zero-order valence-corrected chi connectivity index (χ0v) is 14.5. The van der Waals surface area contributed by atoms with Gasteiger partial charge < -0.3 is 10.6 Å². The molecule has 1 fully saturated rings. The van der Waals surface area contributed by atoms with Gasteiger partial charge in [0, 0.05) is 23.9 Å². The summed E-state index contributed by atoms with van der Waals surface area (Å²) >= 11 is 0. The molecule has 3 aliphatic rings. The van der Waals surface area contributed by atoms with Crippen molar-refractivity contribution in [3.8, 4) is 0 Å². The van der Waals surface area contributed by atoms with Crippen molar-refractivity contribution in [2.24, 2.45) is 11.8 Å². The van der Waals surface area contributed by atoms with E-state index in [2.05, 4.69) is 34.9 Å². The lowest BCUT2D eigenvalue weighted by Crippen LogP contribution is -2.48. The van der Waals surface area contributed by atoms with E-state index in [1.165, 1.54) is 0 Å². The van der Waals surface area contributed by atoms with Crippen molar-refractivity contribution in [3.63, 3.8) is 0 Å². The van der Waals surface area contributed by atoms with Gasteiger partial charge in [0.25, 0.3) is 0 Å². The largest absolute Gasteiger partial charge is 0.353 e. The van der Waals surface area contributed by atoms with E-state index >= 15 is 0 Å². The monoisotopic (exact) mass is 330 g/mol. The molecule has 0 bridgehead atoms. The second-order valence-corrected chi connectivity index (χ2v) is 7.54. The molecule has 0 aliphatic heterocycles. The Bertz CT molecular complexity index is 468. The maximum Gasteiger partial charge on any atom is 0.223 e. The van der Waals surface area contributed by atoms with E-state index in [1.54, 1.807) is 0 Å². The highest BCUT2D eigenvalue weighted by atomic mass is 16.2. The average molecular weight is 330 g/mol. The fourth-order valence-electron chi connectivity index (χ4n) is 4.15. The minimum absolute atomic E-state index is 0.138. The first-order valence-electron chi connectivity index (χ1n) is 9.63. The third kappa shape index (κ3) is 4.71. The van der Waals surface area contributed by atoms with Crippen molar-refractivity contribution in [2.45, 2.75) is 76.3 Å². The Kier molecular flexibility index (Phi) is 6.11. The zero-order chi connectivity index (χ0) is 16.8. The molecular weight excluding hydrogens is 300 g/mol. The highest BCUT2D eigenvalue weighted by molar-refractivity contribution is 5.80. The summed E-state index contributed by atoms with van der Waals surface area (Å²) in [6.45, 7) is 0. The fraction of sp³-hybridized carbons (Fsp3) is 0.700. The van der Waals surface area contributed by atoms with Crippen LogP contribution in [0.3, 0.4) is 0 Å². The van der Waals surface area contributed by atoms with E-state index in [9.17, 15) is 9.59 Å². The van der Waals surface area contributed by atoms with Gasteiger partial charge in [-0.15, -0.1) is 0 Å². The average Bonchev–Trinajstić information content (AvgIpc) is 2.63. The molecule has 3 rings (SSSR count). The highest BCUT2D eigenvalue weighted by Gasteiger charge is 2.28. The lowest BCUT2D eigenvalue weighted by atomic mass is 9.88. The van der Waals surface area contributed by atoms with Crippen LogP contribution < -0.4 is 10.6 Å². The minimum Gasteiger partial charge on any atom is -0.353 e. The molecule has 0 radical (unpaired) electrons. The molecular formula is C20H30N2O2. The number of hydrogen-bond donors (Lipinski definition) is 2. The van der Waals surface area contributed by atoms with Crippen LogP contribution >= 0.6 is 0 Å². The molecule has 0 spiro atoms. The van der Waals surface area contributed by atoms with Crippen molar-refractivity contribution >= 4 is 11.8 Å². The van der Waals surface area contributed by atoms with Crippen molar-refractivity contribution in [1.82, 2.24) is 10.6 Å². The molecule has 2 N–H and O–H groups in total. The van der Waals surface area contributed by atoms with Crippen molar-refractivity contribution in [1.29, 1.82) is 0 Å². The fourth-order valence-corrected chi connectivity index (χ4v) is 4.15. The number of rotatable bonds is 4. The molecule has 4 unspecified atom stereocenters. The summed E-state index contributed by atoms with van der Waals surface area (Å²) in [7, 11) is 0. The molecule has 2 amide bonds. The summed E-state index contributed by atoms with van der Waals surface area (Å²) in [5.74, 6) is 0.681. The topological polar surface area (TPSA) is 58.2 Å². The molecule has 3 aliphatic carbocycles. The van der Waals surface area contributed by atoms with Crippen LogP contribution in [0.2, 0.25) is 0 Å². The normalized spacial score (nSPS) is 33.0. The zero-order valence-electron chi connectivity index (χ0n) is 14.5. The van der Waals surface area contributed by atoms with Crippen LogP contribution in [0.1, 0.15) is 64.2 Å². The second-order valence-electron chi connectivity index (χ2n) is 7.54. The molecule has 0 aromatic rings. The summed E-state index contributed by atoms with van der Waals surface area (Å²) in [6, 6.07) is 0.433. The minimum atomic E-state index is 0.138. The number of nitrogens with one attached hydrogen (secondary N) is 2. The summed E-state index contributed by atoms with van der Waals surface area (Å²) < 4.78 is 0. The van der Waals surface area contributed by atoms with Crippen molar-refractivity contribution < 1.29 is 9.59 Å². The van der Waals surface area contributed by atoms with E-state index in [1.807, 2.05) is 0 Å². The van der Waals surface area contributed by atoms with Gasteiger partial charge in [0.15, 0.2) is 0 Å². The first-order chi connectivity index (χ1) is 11.7. The first kappa shape index (κ1) is 17.2. The van der Waals surface area contributed by atoms with Crippen molar-refractivity contribution in [2.75, 3.05) is 0 Å². The van der Waals surface area contributed by atoms with E-state index in [4.69, 9.17) is 0 Å². The number of carbonyl (C=O) groups excluding carboxylic acids is 2. The molecule has 0 saturated heterocycles. The summed E-state index contributed by atoms with van der Waals surface area (Å²) in [4.78, 5) is 24.8. The Morgan fingerprint density at radius 2 is 1.21 bits per heavy atom. The molecule has 1 saturated carbocycles. The number of hydrogen-bond acceptors (Lipinski definition) is 2. The molecule has 4 nitrogen and oxygen atoms in total. The van der Waals surface area contributed by atoms with Crippen LogP contribution in [0, 0.1) is 11.8 Å². The third-order valence-electron chi connectivity index (χ3n) is 5.65. The van der Waals surface area contributed by atoms with Gasteiger partial charge in [-0.25, -0.2) is 0 Å². The number of allylic oxidation sites excluding steroid dienone is 4. The van der Waals surface area contributed by atoms with Gasteiger partial charge in [0.05, 0.1) is 0 Å². The summed E-state index contributed by atoms with van der Waals surface area (Å²) in [5.41, 5.74) is 0. The Balaban J connectivity index is 1.45. The van der Waals surface area contributed by atoms with Gasteiger partial charge >= 0.3 is 0 Å². The Labute approximate surface area is 145 Å². The smallest absolute Gasteiger partial charge is 0.223 e. The van der Waals surface area contributed by atoms with Crippen LogP contribution in [-0.4, -0.2) is 23.9 Å². The first-order valence-corrected chi connectivity index (χ1v) is 9.63. The van der Waals surface area contributed by atoms with Crippen molar-refractivity contribution in [3.05, 3.63) is 24.3 Å². The molecule has 132 valence electrons. The summed E-state index contributed by atoms with van der Waals surface area (Å²) in [5, 5.41) is 6.47. The van der Waals surface area contributed by atoms with Gasteiger partial charge in [-0.3, -0.25) is 9.59 Å².